The van der Waals surface area contributed by atoms with Crippen molar-refractivity contribution in [3.05, 3.63) is 28.8 Å². The predicted octanol–water partition coefficient (Wildman–Crippen LogP) is 2.98. The Hall–Kier alpha value is -1.55. The molecule has 0 aromatic heterocycles. The molecule has 4 heteroatoms. The molecule has 0 fully saturated rings. The molecule has 0 heterocycles. The molecule has 0 atom stereocenters. The maximum Gasteiger partial charge on any atom is 0.251 e. The molecular weight excluding hydrogens is 262 g/mol. The van der Waals surface area contributed by atoms with Gasteiger partial charge in [0.1, 0.15) is 0 Å². The van der Waals surface area contributed by atoms with Crippen LogP contribution in [0.15, 0.2) is 12.1 Å². The van der Waals surface area contributed by atoms with E-state index in [4.69, 9.17) is 5.73 Å². The fourth-order valence-corrected chi connectivity index (χ4v) is 2.29. The van der Waals surface area contributed by atoms with Crippen LogP contribution in [0, 0.1) is 13.8 Å². The molecule has 1 amide bonds. The highest BCUT2D eigenvalue weighted by atomic mass is 16.1. The third-order valence-electron chi connectivity index (χ3n) is 3.41. The molecule has 0 saturated heterocycles. The van der Waals surface area contributed by atoms with Crippen LogP contribution in [0.25, 0.3) is 0 Å². The fraction of sp³-hybridized carbons (Fsp3) is 0.588. The van der Waals surface area contributed by atoms with Crippen molar-refractivity contribution in [1.82, 2.24) is 5.32 Å². The Kier molecular flexibility index (Phi) is 7.23. The van der Waals surface area contributed by atoms with E-state index in [9.17, 15) is 4.79 Å². The first-order valence-corrected chi connectivity index (χ1v) is 7.81. The number of nitrogens with one attached hydrogen (secondary N) is 2. The van der Waals surface area contributed by atoms with Crippen LogP contribution in [0.3, 0.4) is 0 Å². The number of hydrogen-bond acceptors (Lipinski definition) is 3. The van der Waals surface area contributed by atoms with Crippen LogP contribution in [0.5, 0.6) is 0 Å². The third kappa shape index (κ3) is 5.76. The van der Waals surface area contributed by atoms with Crippen LogP contribution < -0.4 is 16.4 Å². The summed E-state index contributed by atoms with van der Waals surface area (Å²) in [6.07, 6.45) is 3.30. The highest BCUT2D eigenvalue weighted by Gasteiger charge is 2.13. The van der Waals surface area contributed by atoms with Gasteiger partial charge in [-0.05, 0) is 70.3 Å². The van der Waals surface area contributed by atoms with Gasteiger partial charge in [0, 0.05) is 23.8 Å². The number of hydrogen-bond donors (Lipinski definition) is 3. The second-order valence-corrected chi connectivity index (χ2v) is 5.89. The normalized spacial score (nSPS) is 10.8. The van der Waals surface area contributed by atoms with Crippen LogP contribution in [-0.4, -0.2) is 25.0 Å². The van der Waals surface area contributed by atoms with Crippen molar-refractivity contribution in [1.29, 1.82) is 0 Å². The summed E-state index contributed by atoms with van der Waals surface area (Å²) in [5, 5.41) is 6.40. The molecule has 0 aliphatic heterocycles. The molecule has 21 heavy (non-hydrogen) atoms. The molecule has 0 aliphatic rings. The van der Waals surface area contributed by atoms with Gasteiger partial charge in [-0.2, -0.15) is 0 Å². The van der Waals surface area contributed by atoms with Crippen LogP contribution in [-0.2, 0) is 0 Å². The third-order valence-corrected chi connectivity index (χ3v) is 3.41. The van der Waals surface area contributed by atoms with Crippen molar-refractivity contribution < 1.29 is 4.79 Å². The molecular formula is C17H29N3O. The Bertz CT molecular complexity index is 469. The first kappa shape index (κ1) is 17.5. The Morgan fingerprint density at radius 1 is 1.19 bits per heavy atom. The van der Waals surface area contributed by atoms with E-state index in [0.717, 1.165) is 54.7 Å². The zero-order chi connectivity index (χ0) is 15.8. The lowest BCUT2D eigenvalue weighted by Crippen LogP contribution is -2.30. The summed E-state index contributed by atoms with van der Waals surface area (Å²) in [5.41, 5.74) is 9.41. The highest BCUT2D eigenvalue weighted by Crippen LogP contribution is 2.22. The summed E-state index contributed by atoms with van der Waals surface area (Å²) in [6.45, 7) is 9.62. The molecule has 0 bridgehead atoms. The number of benzene rings is 1. The second-order valence-electron chi connectivity index (χ2n) is 5.89. The summed E-state index contributed by atoms with van der Waals surface area (Å²) < 4.78 is 0. The average molecular weight is 291 g/mol. The molecule has 4 nitrogen and oxygen atoms in total. The number of rotatable bonds is 8. The van der Waals surface area contributed by atoms with Crippen LogP contribution in [0.1, 0.15) is 54.6 Å². The molecule has 1 aromatic rings. The van der Waals surface area contributed by atoms with Crippen molar-refractivity contribution in [2.75, 3.05) is 18.4 Å². The van der Waals surface area contributed by atoms with Gasteiger partial charge in [0.05, 0.1) is 0 Å². The number of carbonyl (C=O) groups excluding carboxylic acids is 1. The molecule has 1 rings (SSSR count). The lowest BCUT2D eigenvalue weighted by molar-refractivity contribution is 0.0942. The maximum atomic E-state index is 12.2. The van der Waals surface area contributed by atoms with Gasteiger partial charge >= 0.3 is 0 Å². The molecule has 0 spiro atoms. The monoisotopic (exact) mass is 291 g/mol. The van der Waals surface area contributed by atoms with E-state index in [1.54, 1.807) is 0 Å². The van der Waals surface area contributed by atoms with E-state index < -0.39 is 0 Å². The molecule has 0 saturated carbocycles. The summed E-state index contributed by atoms with van der Waals surface area (Å²) in [6, 6.07) is 4.20. The summed E-state index contributed by atoms with van der Waals surface area (Å²) >= 11 is 0. The molecule has 0 unspecified atom stereocenters. The topological polar surface area (TPSA) is 67.1 Å². The zero-order valence-electron chi connectivity index (χ0n) is 13.8. The number of anilines is 1. The minimum absolute atomic E-state index is 0.00242. The number of nitrogens with two attached hydrogens (primary N) is 1. The Labute approximate surface area is 128 Å². The van der Waals surface area contributed by atoms with Crippen LogP contribution >= 0.6 is 0 Å². The largest absolute Gasteiger partial charge is 0.385 e. The van der Waals surface area contributed by atoms with Gasteiger partial charge in [-0.3, -0.25) is 4.79 Å². The van der Waals surface area contributed by atoms with E-state index in [-0.39, 0.29) is 11.9 Å². The van der Waals surface area contributed by atoms with Gasteiger partial charge in [-0.25, -0.2) is 0 Å². The van der Waals surface area contributed by atoms with Crippen molar-refractivity contribution >= 4 is 11.6 Å². The fourth-order valence-electron chi connectivity index (χ4n) is 2.29. The number of carbonyl (C=O) groups is 1. The SMILES string of the molecule is Cc1cc(NCCCCCN)c(C)c(C(=O)NC(C)C)c1. The minimum atomic E-state index is -0.00242. The first-order valence-electron chi connectivity index (χ1n) is 7.81. The van der Waals surface area contributed by atoms with E-state index in [0.29, 0.717) is 0 Å². The lowest BCUT2D eigenvalue weighted by Gasteiger charge is -2.16. The number of unbranched alkanes of at least 4 members (excludes halogenated alkanes) is 2. The molecule has 0 aliphatic carbocycles. The Morgan fingerprint density at radius 2 is 1.90 bits per heavy atom. The molecule has 1 aromatic carbocycles. The van der Waals surface area contributed by atoms with Crippen molar-refractivity contribution in [3.63, 3.8) is 0 Å². The maximum absolute atomic E-state index is 12.2. The van der Waals surface area contributed by atoms with E-state index in [1.165, 1.54) is 0 Å². The summed E-state index contributed by atoms with van der Waals surface area (Å²) in [5.74, 6) is -0.00242. The van der Waals surface area contributed by atoms with Gasteiger partial charge in [-0.1, -0.05) is 6.42 Å². The van der Waals surface area contributed by atoms with E-state index in [1.807, 2.05) is 33.8 Å². The van der Waals surface area contributed by atoms with Gasteiger partial charge in [-0.15, -0.1) is 0 Å². The Morgan fingerprint density at radius 3 is 2.52 bits per heavy atom. The number of aryl methyl sites for hydroxylation is 1. The zero-order valence-corrected chi connectivity index (χ0v) is 13.8. The predicted molar refractivity (Wildman–Crippen MR) is 89.9 cm³/mol. The lowest BCUT2D eigenvalue weighted by atomic mass is 10.0. The second kappa shape index (κ2) is 8.67. The first-order chi connectivity index (χ1) is 9.95. The molecule has 4 N–H and O–H groups in total. The summed E-state index contributed by atoms with van der Waals surface area (Å²) in [4.78, 5) is 12.2. The highest BCUT2D eigenvalue weighted by molar-refractivity contribution is 5.97. The van der Waals surface area contributed by atoms with Crippen molar-refractivity contribution in [2.24, 2.45) is 5.73 Å². The van der Waals surface area contributed by atoms with Crippen LogP contribution in [0.2, 0.25) is 0 Å². The molecule has 118 valence electrons. The van der Waals surface area contributed by atoms with E-state index >= 15 is 0 Å². The van der Waals surface area contributed by atoms with Crippen LogP contribution in [0.4, 0.5) is 5.69 Å². The van der Waals surface area contributed by atoms with Gasteiger partial charge in [0.2, 0.25) is 0 Å². The van der Waals surface area contributed by atoms with Crippen molar-refractivity contribution in [2.45, 2.75) is 53.0 Å². The smallest absolute Gasteiger partial charge is 0.251 e. The standard InChI is InChI=1S/C17H29N3O/c1-12(2)20-17(21)15-10-13(3)11-16(14(15)4)19-9-7-5-6-8-18/h10-12,19H,5-9,18H2,1-4H3,(H,20,21). The van der Waals surface area contributed by atoms with Crippen molar-refractivity contribution in [3.8, 4) is 0 Å². The quantitative estimate of drug-likeness (QED) is 0.645. The van der Waals surface area contributed by atoms with Gasteiger partial charge in [0.25, 0.3) is 5.91 Å². The van der Waals surface area contributed by atoms with Gasteiger partial charge < -0.3 is 16.4 Å². The average Bonchev–Trinajstić information content (AvgIpc) is 2.41. The van der Waals surface area contributed by atoms with Gasteiger partial charge in [0.15, 0.2) is 0 Å². The number of amides is 1. The Balaban J connectivity index is 2.76. The summed E-state index contributed by atoms with van der Waals surface area (Å²) in [7, 11) is 0. The minimum Gasteiger partial charge on any atom is -0.385 e. The molecule has 0 radical (unpaired) electrons. The van der Waals surface area contributed by atoms with E-state index in [2.05, 4.69) is 16.7 Å².